The van der Waals surface area contributed by atoms with Crippen molar-refractivity contribution in [2.45, 2.75) is 45.3 Å². The van der Waals surface area contributed by atoms with Crippen LogP contribution < -0.4 is 31.7 Å². The molecule has 4 aromatic rings. The number of thiazole rings is 1. The normalized spacial score (nSPS) is 19.5. The largest absolute Gasteiger partial charge is 0.490 e. The summed E-state index contributed by atoms with van der Waals surface area (Å²) in [6, 6.07) is 7.70. The summed E-state index contributed by atoms with van der Waals surface area (Å²) in [5.74, 6) is 0.356. The van der Waals surface area contributed by atoms with E-state index in [0.29, 0.717) is 27.6 Å². The lowest BCUT2D eigenvalue weighted by Crippen LogP contribution is -2.43. The smallest absolute Gasteiger partial charge is 0.332 e. The van der Waals surface area contributed by atoms with Crippen molar-refractivity contribution in [3.8, 4) is 10.9 Å². The van der Waals surface area contributed by atoms with Gasteiger partial charge in [-0.1, -0.05) is 7.43 Å². The molecule has 39 heavy (non-hydrogen) atoms. The highest BCUT2D eigenvalue weighted by molar-refractivity contribution is 7.12. The van der Waals surface area contributed by atoms with Crippen LogP contribution in [0.15, 0.2) is 46.8 Å². The zero-order valence-electron chi connectivity index (χ0n) is 20.9. The molecule has 0 unspecified atom stereocenters. The minimum absolute atomic E-state index is 0. The van der Waals surface area contributed by atoms with Crippen LogP contribution in [0.3, 0.4) is 0 Å². The fraction of sp³-hybridized carbons (Fsp3) is 0.407. The van der Waals surface area contributed by atoms with Crippen LogP contribution in [0.1, 0.15) is 43.6 Å². The summed E-state index contributed by atoms with van der Waals surface area (Å²) in [6.45, 7) is 3.46. The number of H-pyrrole nitrogens is 1. The number of piperazine rings is 1. The van der Waals surface area contributed by atoms with E-state index in [-0.39, 0.29) is 36.9 Å². The number of hydrogen-bond acceptors (Lipinski definition) is 9. The lowest BCUT2D eigenvalue weighted by molar-refractivity contribution is 0.102. The van der Waals surface area contributed by atoms with Crippen molar-refractivity contribution < 1.29 is 9.53 Å². The van der Waals surface area contributed by atoms with Crippen molar-refractivity contribution in [3.63, 3.8) is 0 Å². The Kier molecular flexibility index (Phi) is 7.96. The number of fused-ring (bicyclic) bond motifs is 1. The van der Waals surface area contributed by atoms with Crippen molar-refractivity contribution in [2.24, 2.45) is 5.73 Å². The second kappa shape index (κ2) is 11.6. The number of nitrogens with two attached hydrogens (primary N) is 1. The van der Waals surface area contributed by atoms with E-state index in [2.05, 4.69) is 30.5 Å². The predicted octanol–water partition coefficient (Wildman–Crippen LogP) is 3.12. The van der Waals surface area contributed by atoms with Crippen LogP contribution in [-0.2, 0) is 0 Å². The van der Waals surface area contributed by atoms with E-state index in [9.17, 15) is 9.59 Å². The molecule has 0 spiro atoms. The highest BCUT2D eigenvalue weighted by Gasteiger charge is 2.22. The highest BCUT2D eigenvalue weighted by Crippen LogP contribution is 2.28. The van der Waals surface area contributed by atoms with E-state index in [1.807, 2.05) is 24.3 Å². The average Bonchev–Trinajstić information content (AvgIpc) is 3.54. The second-order valence-electron chi connectivity index (χ2n) is 9.70. The number of nitrogens with one attached hydrogen (secondary N) is 3. The number of aromatic nitrogens is 4. The van der Waals surface area contributed by atoms with Gasteiger partial charge in [0.1, 0.15) is 11.4 Å². The van der Waals surface area contributed by atoms with Gasteiger partial charge in [0.2, 0.25) is 0 Å². The number of pyridine rings is 1. The SMILES string of the molecule is C.NC1CCC(Oc2ccc3c(c2)[nH]c(=O)n3-c2nc(C(=O)Nc3cnccc3N3CCNCC3)cs2)CC1. The number of anilines is 2. The Morgan fingerprint density at radius 1 is 1.15 bits per heavy atom. The molecule has 206 valence electrons. The van der Waals surface area contributed by atoms with Gasteiger partial charge in [0.05, 0.1) is 34.7 Å². The highest BCUT2D eigenvalue weighted by atomic mass is 32.1. The molecule has 1 amide bonds. The third-order valence-electron chi connectivity index (χ3n) is 7.10. The van der Waals surface area contributed by atoms with Gasteiger partial charge in [0.15, 0.2) is 5.13 Å². The maximum atomic E-state index is 13.1. The van der Waals surface area contributed by atoms with E-state index in [4.69, 9.17) is 10.5 Å². The van der Waals surface area contributed by atoms with Crippen LogP contribution in [0.5, 0.6) is 5.75 Å². The summed E-state index contributed by atoms with van der Waals surface area (Å²) >= 11 is 1.23. The molecule has 0 bridgehead atoms. The molecule has 12 heteroatoms. The number of hydrogen-bond donors (Lipinski definition) is 4. The van der Waals surface area contributed by atoms with Crippen LogP contribution in [0, 0.1) is 0 Å². The summed E-state index contributed by atoms with van der Waals surface area (Å²) in [7, 11) is 0. The van der Waals surface area contributed by atoms with Crippen molar-refractivity contribution in [1.29, 1.82) is 0 Å². The van der Waals surface area contributed by atoms with Crippen LogP contribution in [0.2, 0.25) is 0 Å². The van der Waals surface area contributed by atoms with Gasteiger partial charge >= 0.3 is 5.69 Å². The molecule has 1 aromatic carbocycles. The van der Waals surface area contributed by atoms with Gasteiger partial charge in [-0.05, 0) is 43.9 Å². The fourth-order valence-electron chi connectivity index (χ4n) is 5.08. The quantitative estimate of drug-likeness (QED) is 0.287. The monoisotopic (exact) mass is 550 g/mol. The predicted molar refractivity (Wildman–Crippen MR) is 154 cm³/mol. The van der Waals surface area contributed by atoms with E-state index in [1.165, 1.54) is 15.9 Å². The molecule has 5 N–H and O–H groups in total. The molecule has 11 nitrogen and oxygen atoms in total. The number of rotatable bonds is 6. The van der Waals surface area contributed by atoms with Crippen LogP contribution in [-0.4, -0.2) is 63.8 Å². The topological polar surface area (TPSA) is 143 Å². The van der Waals surface area contributed by atoms with Gasteiger partial charge in [0.25, 0.3) is 5.91 Å². The number of amides is 1. The van der Waals surface area contributed by atoms with Crippen molar-refractivity contribution in [2.75, 3.05) is 36.4 Å². The summed E-state index contributed by atoms with van der Waals surface area (Å²) < 4.78 is 7.63. The standard InChI is InChI=1S/C26H30N8O3S.CH4/c27-16-1-3-17(4-2-16)37-18-5-6-23-19(13-18)31-25(36)34(23)26-32-21(15-38-26)24(35)30-20-14-29-8-7-22(20)33-11-9-28-10-12-33;/h5-8,13-17,28H,1-4,9-12,27H2,(H,30,35)(H,31,36);1H4. The first-order chi connectivity index (χ1) is 18.5. The molecule has 2 fully saturated rings. The van der Waals surface area contributed by atoms with Crippen LogP contribution >= 0.6 is 11.3 Å². The Bertz CT molecular complexity index is 1500. The molecule has 1 saturated heterocycles. The Labute approximate surface area is 230 Å². The summed E-state index contributed by atoms with van der Waals surface area (Å²) in [6.07, 6.45) is 7.27. The van der Waals surface area contributed by atoms with Crippen molar-refractivity contribution in [1.82, 2.24) is 24.8 Å². The molecular weight excluding hydrogens is 516 g/mol. The number of aromatic amines is 1. The van der Waals surface area contributed by atoms with Gasteiger partial charge in [-0.25, -0.2) is 14.3 Å². The summed E-state index contributed by atoms with van der Waals surface area (Å²) in [5.41, 5.74) is 8.78. The number of carbonyl (C=O) groups is 1. The number of nitrogens with zero attached hydrogens (tertiary/aromatic N) is 4. The third-order valence-corrected chi connectivity index (χ3v) is 7.92. The molecule has 4 heterocycles. The molecule has 1 saturated carbocycles. The van der Waals surface area contributed by atoms with Gasteiger partial charge in [0, 0.05) is 49.9 Å². The van der Waals surface area contributed by atoms with Crippen molar-refractivity contribution >= 4 is 39.7 Å². The first kappa shape index (κ1) is 26.9. The van der Waals surface area contributed by atoms with Gasteiger partial charge in [-0.2, -0.15) is 0 Å². The number of benzene rings is 1. The molecular formula is C27H34N8O3S. The minimum atomic E-state index is -0.354. The van der Waals surface area contributed by atoms with Crippen LogP contribution in [0.25, 0.3) is 16.2 Å². The van der Waals surface area contributed by atoms with Crippen LogP contribution in [0.4, 0.5) is 11.4 Å². The summed E-state index contributed by atoms with van der Waals surface area (Å²) in [5, 5.41) is 8.34. The van der Waals surface area contributed by atoms with Gasteiger partial charge < -0.3 is 31.0 Å². The first-order valence-corrected chi connectivity index (χ1v) is 13.8. The maximum absolute atomic E-state index is 13.1. The Balaban J connectivity index is 0.00000308. The third kappa shape index (κ3) is 5.68. The molecule has 1 aliphatic heterocycles. The molecule has 0 atom stereocenters. The lowest BCUT2D eigenvalue weighted by Gasteiger charge is -2.30. The first-order valence-electron chi connectivity index (χ1n) is 12.9. The molecule has 6 rings (SSSR count). The van der Waals surface area contributed by atoms with Gasteiger partial charge in [-0.15, -0.1) is 11.3 Å². The molecule has 3 aromatic heterocycles. The molecule has 1 aliphatic carbocycles. The number of carbonyl (C=O) groups excluding carboxylic acids is 1. The summed E-state index contributed by atoms with van der Waals surface area (Å²) in [4.78, 5) is 39.7. The molecule has 0 radical (unpaired) electrons. The number of ether oxygens (including phenoxy) is 1. The van der Waals surface area contributed by atoms with Crippen molar-refractivity contribution in [3.05, 3.63) is 58.2 Å². The van der Waals surface area contributed by atoms with Gasteiger partial charge in [-0.3, -0.25) is 9.78 Å². The minimum Gasteiger partial charge on any atom is -0.490 e. The fourth-order valence-corrected chi connectivity index (χ4v) is 5.89. The average molecular weight is 551 g/mol. The lowest BCUT2D eigenvalue weighted by atomic mass is 9.94. The second-order valence-corrected chi connectivity index (χ2v) is 10.5. The maximum Gasteiger partial charge on any atom is 0.332 e. The Morgan fingerprint density at radius 2 is 1.95 bits per heavy atom. The zero-order chi connectivity index (χ0) is 26.1. The van der Waals surface area contributed by atoms with E-state index >= 15 is 0 Å². The van der Waals surface area contributed by atoms with E-state index in [1.54, 1.807) is 17.8 Å². The number of imidazole rings is 1. The van der Waals surface area contributed by atoms with E-state index in [0.717, 1.165) is 57.5 Å². The Hall–Kier alpha value is -3.74. The zero-order valence-corrected chi connectivity index (χ0v) is 21.7. The Morgan fingerprint density at radius 3 is 2.74 bits per heavy atom. The molecule has 2 aliphatic rings. The van der Waals surface area contributed by atoms with E-state index < -0.39 is 0 Å².